The third kappa shape index (κ3) is 5.18. The maximum atomic E-state index is 13.4. The molecule has 0 spiro atoms. The van der Waals surface area contributed by atoms with Crippen molar-refractivity contribution in [3.63, 3.8) is 0 Å². The Morgan fingerprint density at radius 1 is 1.23 bits per heavy atom. The largest absolute Gasteiger partial charge is 0.493 e. The van der Waals surface area contributed by atoms with Crippen molar-refractivity contribution < 1.29 is 14.3 Å². The first kappa shape index (κ1) is 24.8. The maximum absolute atomic E-state index is 13.4. The van der Waals surface area contributed by atoms with Crippen molar-refractivity contribution in [2.45, 2.75) is 65.6 Å². The Kier molecular flexibility index (Phi) is 6.62. The number of anilines is 2. The topological polar surface area (TPSA) is 86.5 Å². The summed E-state index contributed by atoms with van der Waals surface area (Å²) in [5.74, 6) is 1.06. The molecule has 9 heteroatoms. The summed E-state index contributed by atoms with van der Waals surface area (Å²) in [5, 5.41) is 15.3. The van der Waals surface area contributed by atoms with Gasteiger partial charge in [0.2, 0.25) is 17.7 Å². The summed E-state index contributed by atoms with van der Waals surface area (Å²) in [6.07, 6.45) is 2.53. The molecule has 0 radical (unpaired) electrons. The van der Waals surface area contributed by atoms with E-state index in [2.05, 4.69) is 24.1 Å². The fourth-order valence-electron chi connectivity index (χ4n) is 4.71. The number of rotatable bonds is 6. The first-order valence-electron chi connectivity index (χ1n) is 12.1. The zero-order valence-corrected chi connectivity index (χ0v) is 21.3. The monoisotopic (exact) mass is 482 g/mol. The molecule has 3 heterocycles. The van der Waals surface area contributed by atoms with Gasteiger partial charge in [-0.2, -0.15) is 4.98 Å². The highest BCUT2D eigenvalue weighted by atomic mass is 19.1. The quantitative estimate of drug-likeness (QED) is 0.543. The standard InChI is InChI=1S/C26H35FN6O2/c1-16(2)33-15-21-22(24(33)35)28-25(32-12-11-31(18(4)34)14-17(32)3)29-23(21)30-26(5,6)13-19-7-9-20(27)10-8-19/h7-10,15-17,35H,11-14H2,1-6H3,(H,28,29,30). The van der Waals surface area contributed by atoms with Crippen LogP contribution in [0.2, 0.25) is 0 Å². The maximum Gasteiger partial charge on any atom is 0.228 e. The molecule has 1 fully saturated rings. The minimum absolute atomic E-state index is 0.0273. The van der Waals surface area contributed by atoms with Gasteiger partial charge in [0.25, 0.3) is 0 Å². The summed E-state index contributed by atoms with van der Waals surface area (Å²) in [4.78, 5) is 25.5. The van der Waals surface area contributed by atoms with Crippen molar-refractivity contribution >= 4 is 28.6 Å². The van der Waals surface area contributed by atoms with Crippen LogP contribution in [0.5, 0.6) is 5.88 Å². The number of hydrogen-bond acceptors (Lipinski definition) is 6. The van der Waals surface area contributed by atoms with Gasteiger partial charge in [-0.05, 0) is 58.7 Å². The molecule has 1 aliphatic heterocycles. The summed E-state index contributed by atoms with van der Waals surface area (Å²) < 4.78 is 15.2. The number of aromatic nitrogens is 3. The van der Waals surface area contributed by atoms with E-state index in [4.69, 9.17) is 9.97 Å². The average molecular weight is 483 g/mol. The smallest absolute Gasteiger partial charge is 0.228 e. The zero-order chi connectivity index (χ0) is 25.5. The van der Waals surface area contributed by atoms with E-state index in [1.807, 2.05) is 31.9 Å². The number of nitrogens with zero attached hydrogens (tertiary/aromatic N) is 5. The van der Waals surface area contributed by atoms with Gasteiger partial charge in [-0.3, -0.25) is 4.79 Å². The molecule has 2 N–H and O–H groups in total. The fraction of sp³-hybridized carbons (Fsp3) is 0.500. The van der Waals surface area contributed by atoms with Crippen LogP contribution in [0.4, 0.5) is 16.2 Å². The van der Waals surface area contributed by atoms with Gasteiger partial charge in [0.05, 0.1) is 5.39 Å². The lowest BCUT2D eigenvalue weighted by Crippen LogP contribution is -2.53. The molecule has 2 aromatic heterocycles. The van der Waals surface area contributed by atoms with Crippen molar-refractivity contribution in [2.75, 3.05) is 29.9 Å². The van der Waals surface area contributed by atoms with E-state index in [0.717, 1.165) is 10.9 Å². The Bertz CT molecular complexity index is 1220. The third-order valence-corrected chi connectivity index (χ3v) is 6.56. The van der Waals surface area contributed by atoms with Crippen molar-refractivity contribution in [3.8, 4) is 5.88 Å². The number of fused-ring (bicyclic) bond motifs is 1. The molecule has 3 aromatic rings. The molecule has 1 atom stereocenters. The lowest BCUT2D eigenvalue weighted by atomic mass is 9.95. The predicted octanol–water partition coefficient (Wildman–Crippen LogP) is 4.35. The Labute approximate surface area is 205 Å². The van der Waals surface area contributed by atoms with Gasteiger partial charge in [-0.15, -0.1) is 0 Å². The van der Waals surface area contributed by atoms with Gasteiger partial charge in [0.15, 0.2) is 0 Å². The van der Waals surface area contributed by atoms with Crippen molar-refractivity contribution in [1.82, 2.24) is 19.4 Å². The Balaban J connectivity index is 1.73. The summed E-state index contributed by atoms with van der Waals surface area (Å²) in [5.41, 5.74) is 1.08. The molecule has 8 nitrogen and oxygen atoms in total. The Morgan fingerprint density at radius 2 is 1.91 bits per heavy atom. The van der Waals surface area contributed by atoms with Crippen molar-refractivity contribution in [3.05, 3.63) is 41.8 Å². The molecule has 0 saturated carbocycles. The van der Waals surface area contributed by atoms with E-state index in [1.165, 1.54) is 12.1 Å². The number of benzene rings is 1. The number of hydrogen-bond donors (Lipinski definition) is 2. The van der Waals surface area contributed by atoms with Gasteiger partial charge in [-0.25, -0.2) is 9.37 Å². The molecule has 1 saturated heterocycles. The number of carbonyl (C=O) groups excluding carboxylic acids is 1. The third-order valence-electron chi connectivity index (χ3n) is 6.56. The first-order valence-corrected chi connectivity index (χ1v) is 12.1. The predicted molar refractivity (Wildman–Crippen MR) is 136 cm³/mol. The lowest BCUT2D eigenvalue weighted by Gasteiger charge is -2.39. The van der Waals surface area contributed by atoms with E-state index in [-0.39, 0.29) is 29.7 Å². The van der Waals surface area contributed by atoms with E-state index >= 15 is 0 Å². The van der Waals surface area contributed by atoms with E-state index in [1.54, 1.807) is 23.6 Å². The van der Waals surface area contributed by atoms with Gasteiger partial charge in [0, 0.05) is 50.4 Å². The molecule has 1 unspecified atom stereocenters. The summed E-state index contributed by atoms with van der Waals surface area (Å²) in [6.45, 7) is 13.6. The van der Waals surface area contributed by atoms with Crippen LogP contribution in [0.1, 0.15) is 53.1 Å². The number of carbonyl (C=O) groups is 1. The highest BCUT2D eigenvalue weighted by molar-refractivity contribution is 5.94. The first-order chi connectivity index (χ1) is 16.4. The molecule has 1 aromatic carbocycles. The second-order valence-electron chi connectivity index (χ2n) is 10.4. The van der Waals surface area contributed by atoms with Crippen molar-refractivity contribution in [2.24, 2.45) is 0 Å². The summed E-state index contributed by atoms with van der Waals surface area (Å²) >= 11 is 0. The van der Waals surface area contributed by atoms with Crippen LogP contribution in [-0.4, -0.2) is 61.7 Å². The van der Waals surface area contributed by atoms with E-state index in [0.29, 0.717) is 43.3 Å². The van der Waals surface area contributed by atoms with Gasteiger partial charge in [0.1, 0.15) is 17.2 Å². The normalized spacial score (nSPS) is 16.9. The van der Waals surface area contributed by atoms with E-state index < -0.39 is 5.54 Å². The minimum atomic E-state index is -0.412. The molecule has 0 aliphatic carbocycles. The molecule has 1 amide bonds. The Hall–Kier alpha value is -3.36. The number of halogens is 1. The molecule has 35 heavy (non-hydrogen) atoms. The van der Waals surface area contributed by atoms with E-state index in [9.17, 15) is 14.3 Å². The van der Waals surface area contributed by atoms with Crippen molar-refractivity contribution in [1.29, 1.82) is 0 Å². The van der Waals surface area contributed by atoms with Crippen LogP contribution < -0.4 is 10.2 Å². The zero-order valence-electron chi connectivity index (χ0n) is 21.3. The van der Waals surface area contributed by atoms with Gasteiger partial charge >= 0.3 is 0 Å². The van der Waals surface area contributed by atoms with Crippen LogP contribution in [0, 0.1) is 5.82 Å². The second-order valence-corrected chi connectivity index (χ2v) is 10.4. The average Bonchev–Trinajstić information content (AvgIpc) is 3.12. The molecular formula is C26H35FN6O2. The highest BCUT2D eigenvalue weighted by Gasteiger charge is 2.30. The number of piperazine rings is 1. The van der Waals surface area contributed by atoms with Crippen LogP contribution in [-0.2, 0) is 11.2 Å². The molecule has 188 valence electrons. The number of aromatic hydroxyl groups is 1. The molecule has 1 aliphatic rings. The van der Waals surface area contributed by atoms with Crippen LogP contribution in [0.15, 0.2) is 30.5 Å². The van der Waals surface area contributed by atoms with Crippen LogP contribution >= 0.6 is 0 Å². The van der Waals surface area contributed by atoms with Gasteiger partial charge in [-0.1, -0.05) is 12.1 Å². The minimum Gasteiger partial charge on any atom is -0.493 e. The van der Waals surface area contributed by atoms with Crippen LogP contribution in [0.25, 0.3) is 10.9 Å². The summed E-state index contributed by atoms with van der Waals surface area (Å²) in [7, 11) is 0. The SMILES string of the molecule is CC(=O)N1CCN(c2nc(NC(C)(C)Cc3ccc(F)cc3)c3cn(C(C)C)c(O)c3n2)C(C)C1. The summed E-state index contributed by atoms with van der Waals surface area (Å²) in [6, 6.07) is 6.59. The lowest BCUT2D eigenvalue weighted by molar-refractivity contribution is -0.129. The molecule has 0 bridgehead atoms. The number of amides is 1. The second kappa shape index (κ2) is 9.36. The highest BCUT2D eigenvalue weighted by Crippen LogP contribution is 2.36. The molecule has 4 rings (SSSR count). The van der Waals surface area contributed by atoms with Crippen LogP contribution in [0.3, 0.4) is 0 Å². The number of nitrogens with one attached hydrogen (secondary N) is 1. The molecular weight excluding hydrogens is 447 g/mol. The fourth-order valence-corrected chi connectivity index (χ4v) is 4.71. The van der Waals surface area contributed by atoms with Gasteiger partial charge < -0.3 is 24.8 Å². The Morgan fingerprint density at radius 3 is 2.51 bits per heavy atom.